The Labute approximate surface area is 181 Å². The van der Waals surface area contributed by atoms with E-state index in [-0.39, 0.29) is 29.5 Å². The zero-order valence-corrected chi connectivity index (χ0v) is 18.7. The van der Waals surface area contributed by atoms with Gasteiger partial charge in [-0.3, -0.25) is 14.5 Å². The molecule has 3 aliphatic rings. The summed E-state index contributed by atoms with van der Waals surface area (Å²) >= 11 is 5.00. The molecule has 1 saturated carbocycles. The molecule has 1 aromatic heterocycles. The normalized spacial score (nSPS) is 26.4. The van der Waals surface area contributed by atoms with E-state index in [0.717, 1.165) is 46.3 Å². The second-order valence-corrected chi connectivity index (χ2v) is 10.0. The first kappa shape index (κ1) is 19.0. The third-order valence-corrected chi connectivity index (χ3v) is 7.72. The second-order valence-electron chi connectivity index (χ2n) is 7.93. The summed E-state index contributed by atoms with van der Waals surface area (Å²) in [4.78, 5) is 34.4. The molecule has 29 heavy (non-hydrogen) atoms. The molecular weight excluding hydrogens is 452 g/mol. The first-order valence-electron chi connectivity index (χ1n) is 9.94. The lowest BCUT2D eigenvalue weighted by Gasteiger charge is -2.35. The summed E-state index contributed by atoms with van der Waals surface area (Å²) in [7, 11) is 0. The minimum absolute atomic E-state index is 0.0711. The molecule has 0 saturated heterocycles. The molecule has 5 rings (SSSR count). The lowest BCUT2D eigenvalue weighted by atomic mass is 9.77. The van der Waals surface area contributed by atoms with Gasteiger partial charge in [-0.25, -0.2) is 4.98 Å². The van der Waals surface area contributed by atoms with Crippen LogP contribution in [0.4, 0.5) is 5.13 Å². The monoisotopic (exact) mass is 472 g/mol. The molecule has 0 bridgehead atoms. The fourth-order valence-electron chi connectivity index (χ4n) is 4.59. The minimum atomic E-state index is -0.504. The van der Waals surface area contributed by atoms with E-state index in [0.29, 0.717) is 10.7 Å². The van der Waals surface area contributed by atoms with Gasteiger partial charge in [-0.15, -0.1) is 11.3 Å². The third-order valence-electron chi connectivity index (χ3n) is 6.15. The number of halogens is 1. The topological polar surface area (TPSA) is 59.5 Å². The summed E-state index contributed by atoms with van der Waals surface area (Å²) in [5.74, 6) is -0.101. The van der Waals surface area contributed by atoms with Crippen LogP contribution in [0.5, 0.6) is 0 Å². The smallest absolute Gasteiger partial charge is 0.296 e. The van der Waals surface area contributed by atoms with Crippen molar-refractivity contribution in [1.29, 1.82) is 0 Å². The fourth-order valence-corrected chi connectivity index (χ4v) is 5.95. The largest absolute Gasteiger partial charge is 0.483 e. The van der Waals surface area contributed by atoms with E-state index in [4.69, 9.17) is 4.74 Å². The highest BCUT2D eigenvalue weighted by atomic mass is 79.9. The number of amides is 1. The van der Waals surface area contributed by atoms with Gasteiger partial charge in [0.15, 0.2) is 16.7 Å². The molecule has 5 nitrogen and oxygen atoms in total. The van der Waals surface area contributed by atoms with Gasteiger partial charge in [-0.1, -0.05) is 34.5 Å². The Morgan fingerprint density at radius 1 is 1.21 bits per heavy atom. The van der Waals surface area contributed by atoms with E-state index in [1.165, 1.54) is 11.3 Å². The third kappa shape index (κ3) is 2.97. The standard InChI is InChI=1S/C22H21BrN2O3S/c1-11-12(2)29-22(24-11)25-18(13-6-5-7-14(23)10-13)17-19(26)15-8-3-4-9-16(15)28-20(17)21(25)27/h5-7,10,15-16,18H,3-4,8-9H2,1-2H3. The highest BCUT2D eigenvalue weighted by Crippen LogP contribution is 2.49. The van der Waals surface area contributed by atoms with E-state index in [9.17, 15) is 9.59 Å². The molecule has 7 heteroatoms. The summed E-state index contributed by atoms with van der Waals surface area (Å²) in [6.07, 6.45) is 3.55. The number of ether oxygens (including phenoxy) is 1. The van der Waals surface area contributed by atoms with Gasteiger partial charge in [0.2, 0.25) is 0 Å². The number of nitrogens with zero attached hydrogens (tertiary/aromatic N) is 2. The van der Waals surface area contributed by atoms with Gasteiger partial charge in [-0.2, -0.15) is 0 Å². The zero-order valence-electron chi connectivity index (χ0n) is 16.3. The highest BCUT2D eigenvalue weighted by molar-refractivity contribution is 9.10. The van der Waals surface area contributed by atoms with Crippen LogP contribution in [-0.2, 0) is 14.3 Å². The van der Waals surface area contributed by atoms with Crippen molar-refractivity contribution >= 4 is 44.1 Å². The Bertz CT molecular complexity index is 1040. The molecule has 0 radical (unpaired) electrons. The maximum Gasteiger partial charge on any atom is 0.296 e. The number of hydrogen-bond donors (Lipinski definition) is 0. The number of carbonyl (C=O) groups excluding carboxylic acids is 2. The first-order chi connectivity index (χ1) is 14.0. The average Bonchev–Trinajstić information content (AvgIpc) is 3.19. The van der Waals surface area contributed by atoms with Crippen LogP contribution in [0.15, 0.2) is 40.1 Å². The number of benzene rings is 1. The Morgan fingerprint density at radius 2 is 2.00 bits per heavy atom. The van der Waals surface area contributed by atoms with Crippen molar-refractivity contribution in [1.82, 2.24) is 4.98 Å². The minimum Gasteiger partial charge on any atom is -0.483 e. The van der Waals surface area contributed by atoms with Gasteiger partial charge in [0, 0.05) is 9.35 Å². The predicted molar refractivity (Wildman–Crippen MR) is 115 cm³/mol. The first-order valence-corrected chi connectivity index (χ1v) is 11.5. The van der Waals surface area contributed by atoms with Crippen molar-refractivity contribution in [3.05, 3.63) is 56.2 Å². The van der Waals surface area contributed by atoms with Crippen molar-refractivity contribution in [2.45, 2.75) is 51.7 Å². The van der Waals surface area contributed by atoms with Crippen LogP contribution in [0.2, 0.25) is 0 Å². The van der Waals surface area contributed by atoms with Crippen LogP contribution in [0.1, 0.15) is 47.9 Å². The van der Waals surface area contributed by atoms with Crippen LogP contribution in [-0.4, -0.2) is 22.8 Å². The number of anilines is 1. The number of rotatable bonds is 2. The van der Waals surface area contributed by atoms with E-state index >= 15 is 0 Å². The number of hydrogen-bond acceptors (Lipinski definition) is 5. The Morgan fingerprint density at radius 3 is 2.72 bits per heavy atom. The second kappa shape index (κ2) is 7.06. The molecule has 2 aromatic rings. The molecule has 3 heterocycles. The van der Waals surface area contributed by atoms with Gasteiger partial charge in [-0.05, 0) is 50.8 Å². The van der Waals surface area contributed by atoms with Crippen LogP contribution in [0.3, 0.4) is 0 Å². The lowest BCUT2D eigenvalue weighted by Crippen LogP contribution is -2.39. The maximum absolute atomic E-state index is 13.6. The SMILES string of the molecule is Cc1nc(N2C(=O)C3=C(C(=O)C4CCCCC4O3)C2c2cccc(Br)c2)sc1C. The van der Waals surface area contributed by atoms with Crippen molar-refractivity contribution in [3.63, 3.8) is 0 Å². The van der Waals surface area contributed by atoms with Crippen molar-refractivity contribution < 1.29 is 14.3 Å². The molecule has 0 N–H and O–H groups in total. The predicted octanol–water partition coefficient (Wildman–Crippen LogP) is 5.02. The summed E-state index contributed by atoms with van der Waals surface area (Å²) < 4.78 is 7.11. The molecular formula is C22H21BrN2O3S. The lowest BCUT2D eigenvalue weighted by molar-refractivity contribution is -0.131. The average molecular weight is 473 g/mol. The molecule has 3 unspecified atom stereocenters. The van der Waals surface area contributed by atoms with Crippen molar-refractivity contribution in [2.24, 2.45) is 5.92 Å². The van der Waals surface area contributed by atoms with Crippen molar-refractivity contribution in [3.8, 4) is 0 Å². The van der Waals surface area contributed by atoms with E-state index in [1.807, 2.05) is 38.1 Å². The van der Waals surface area contributed by atoms with Gasteiger partial charge in [0.05, 0.1) is 23.2 Å². The van der Waals surface area contributed by atoms with E-state index in [2.05, 4.69) is 20.9 Å². The van der Waals surface area contributed by atoms with Crippen LogP contribution < -0.4 is 4.90 Å². The molecule has 0 spiro atoms. The molecule has 1 fully saturated rings. The molecule has 1 aliphatic carbocycles. The van der Waals surface area contributed by atoms with E-state index in [1.54, 1.807) is 4.90 Å². The number of fused-ring (bicyclic) bond motifs is 1. The molecule has 150 valence electrons. The molecule has 2 aliphatic heterocycles. The number of carbonyl (C=O) groups is 2. The summed E-state index contributed by atoms with van der Waals surface area (Å²) in [5, 5.41) is 0.615. The number of aryl methyl sites for hydroxylation is 2. The Balaban J connectivity index is 1.67. The molecule has 1 amide bonds. The Hall–Kier alpha value is -1.99. The van der Waals surface area contributed by atoms with Gasteiger partial charge in [0.25, 0.3) is 5.91 Å². The summed E-state index contributed by atoms with van der Waals surface area (Å²) in [6, 6.07) is 7.29. The van der Waals surface area contributed by atoms with E-state index < -0.39 is 6.04 Å². The maximum atomic E-state index is 13.6. The fraction of sp³-hybridized carbons (Fsp3) is 0.409. The zero-order chi connectivity index (χ0) is 20.3. The Kier molecular flexibility index (Phi) is 4.62. The highest BCUT2D eigenvalue weighted by Gasteiger charge is 2.53. The summed E-state index contributed by atoms with van der Waals surface area (Å²) in [6.45, 7) is 3.93. The number of aromatic nitrogens is 1. The van der Waals surface area contributed by atoms with Crippen LogP contribution >= 0.6 is 27.3 Å². The quantitative estimate of drug-likeness (QED) is 0.615. The van der Waals surface area contributed by atoms with Crippen LogP contribution in [0.25, 0.3) is 0 Å². The number of thiazole rings is 1. The summed E-state index contributed by atoms with van der Waals surface area (Å²) in [5.41, 5.74) is 2.28. The van der Waals surface area contributed by atoms with Crippen LogP contribution in [0, 0.1) is 19.8 Å². The van der Waals surface area contributed by atoms with Crippen molar-refractivity contribution in [2.75, 3.05) is 4.90 Å². The molecule has 3 atom stereocenters. The molecule has 1 aromatic carbocycles. The number of ketones is 1. The van der Waals surface area contributed by atoms with Gasteiger partial charge in [0.1, 0.15) is 6.10 Å². The van der Waals surface area contributed by atoms with Gasteiger partial charge >= 0.3 is 0 Å². The number of Topliss-reactive ketones (excluding diaryl/α,β-unsaturated/α-hetero) is 1. The van der Waals surface area contributed by atoms with Gasteiger partial charge < -0.3 is 4.74 Å².